The molecule has 4 aliphatic rings. The van der Waals surface area contributed by atoms with Crippen molar-refractivity contribution in [3.8, 4) is 23.6 Å². The Morgan fingerprint density at radius 1 is 0.545 bits per heavy atom. The molecule has 6 heterocycles. The van der Waals surface area contributed by atoms with E-state index in [2.05, 4.69) is 32.7 Å². The Hall–Kier alpha value is -7.92. The van der Waals surface area contributed by atoms with Gasteiger partial charge in [-0.3, -0.25) is 38.7 Å². The Kier molecular flexibility index (Phi) is 19.1. The molecule has 10 rings (SSSR count). The van der Waals surface area contributed by atoms with Gasteiger partial charge in [0, 0.05) is 50.7 Å². The zero-order chi connectivity index (χ0) is 63.4. The molecule has 4 fully saturated rings. The van der Waals surface area contributed by atoms with E-state index in [1.807, 2.05) is 12.1 Å². The van der Waals surface area contributed by atoms with E-state index in [0.29, 0.717) is 68.9 Å². The molecule has 4 N–H and O–H groups in total. The molecule has 0 radical (unpaired) electrons. The Labute approximate surface area is 535 Å². The van der Waals surface area contributed by atoms with Gasteiger partial charge >= 0.3 is 0 Å². The number of carbonyl (C=O) groups is 6. The first-order valence-corrected chi connectivity index (χ1v) is 31.2. The summed E-state index contributed by atoms with van der Waals surface area (Å²) < 4.78 is 11.8. The summed E-state index contributed by atoms with van der Waals surface area (Å²) in [6.07, 6.45) is 2.78. The van der Waals surface area contributed by atoms with Crippen LogP contribution < -0.4 is 20.1 Å². The molecule has 0 bridgehead atoms. The first-order chi connectivity index (χ1) is 41.9. The highest BCUT2D eigenvalue weighted by Crippen LogP contribution is 2.64. The van der Waals surface area contributed by atoms with Crippen molar-refractivity contribution in [2.75, 3.05) is 24.7 Å². The van der Waals surface area contributed by atoms with E-state index in [0.717, 1.165) is 23.5 Å². The largest absolute Gasteiger partial charge is 0.440 e. The number of nitrogens with zero attached hydrogens (tertiary/aromatic N) is 8. The number of aliphatic hydroxyl groups excluding tert-OH is 2. The molecule has 0 aliphatic carbocycles. The highest BCUT2D eigenvalue weighted by Gasteiger charge is 2.74. The lowest BCUT2D eigenvalue weighted by molar-refractivity contribution is -0.163. The minimum atomic E-state index is -1.81. The van der Waals surface area contributed by atoms with Crippen molar-refractivity contribution in [3.63, 3.8) is 0 Å². The van der Waals surface area contributed by atoms with E-state index in [-0.39, 0.29) is 34.8 Å². The standard InChI is InChI=1S/C31H30N6O5S2.C31H28N4O5S4/c1-29(19-32)18-31(44-28(42)35-22-12-8-5-9-13-22)26(40)36(3)30(2,43-27(41)34-21-10-6-4-7-11-21)25(39)37(31)24(29)20-14-15-23(17-38)33-16-20;1-29(19-32)18-31(44-28(42)40-23-12-8-5-9-13-23)26(38)34(3)30(2,43-27(41)39-22-10-6-4-7-11-22)25(37)35(31)24(29)20-14-15-21(17-36)33-16-20/h4-16,24,38H,17-18H2,1-3H3,(H,34,41)(H,35,42);4-16,24,36H,17-18H2,1-3H3/t2*24?,29-,30+,31+/m11/s1. The molecular formula is C62H58N10O10S6. The van der Waals surface area contributed by atoms with E-state index >= 15 is 0 Å². The molecular weight excluding hydrogens is 1240 g/mol. The number of amides is 6. The van der Waals surface area contributed by atoms with Crippen molar-refractivity contribution in [1.82, 2.24) is 29.6 Å². The number of para-hydroxylation sites is 4. The van der Waals surface area contributed by atoms with Crippen molar-refractivity contribution in [2.45, 2.75) is 85.3 Å². The summed E-state index contributed by atoms with van der Waals surface area (Å²) in [6.45, 7) is 5.86. The molecule has 6 aromatic rings. The molecule has 26 heteroatoms. The van der Waals surface area contributed by atoms with Gasteiger partial charge in [-0.2, -0.15) is 10.5 Å². The molecule has 20 nitrogen and oxygen atoms in total. The number of aromatic nitrogens is 2. The van der Waals surface area contributed by atoms with Crippen molar-refractivity contribution in [2.24, 2.45) is 10.8 Å². The molecule has 8 atom stereocenters. The van der Waals surface area contributed by atoms with Crippen LogP contribution in [0.5, 0.6) is 11.5 Å². The van der Waals surface area contributed by atoms with E-state index in [1.54, 1.807) is 154 Å². The number of carbonyl (C=O) groups excluding carboxylic acids is 6. The number of hydrogen-bond donors (Lipinski definition) is 4. The van der Waals surface area contributed by atoms with E-state index in [4.69, 9.17) is 33.9 Å². The third-order valence-electron chi connectivity index (χ3n) is 15.7. The van der Waals surface area contributed by atoms with Gasteiger partial charge in [-0.15, -0.1) is 0 Å². The van der Waals surface area contributed by atoms with E-state index in [9.17, 15) is 49.5 Å². The maximum Gasteiger partial charge on any atom is 0.286 e. The fraction of sp³-hybridized carbons (Fsp3) is 0.290. The van der Waals surface area contributed by atoms with Crippen molar-refractivity contribution < 1.29 is 48.5 Å². The second-order valence-electron chi connectivity index (χ2n) is 21.6. The summed E-state index contributed by atoms with van der Waals surface area (Å²) in [5.74, 6) is -1.16. The number of anilines is 2. The number of fused-ring (bicyclic) bond motifs is 2. The SMILES string of the molecule is CN1C(=O)[C@@]2(SC(=O)Nc3ccccc3)C[C@](C)(C#N)C(c3ccc(CO)nc3)N2C(=O)[C@]1(C)SC(=O)Nc1ccccc1.CN1C(=O)[C@@]2(SC(=S)Oc3ccccc3)C[C@](C)(C#N)C(c3ccc(CO)nc3)N2C(=O)[C@]1(C)SC(=S)Oc1ccccc1. The van der Waals surface area contributed by atoms with E-state index < -0.39 is 76.5 Å². The lowest BCUT2D eigenvalue weighted by Gasteiger charge is -2.52. The second kappa shape index (κ2) is 26.0. The van der Waals surface area contributed by atoms with Crippen LogP contribution in [0.15, 0.2) is 158 Å². The molecule has 0 spiro atoms. The summed E-state index contributed by atoms with van der Waals surface area (Å²) >= 11 is 14.3. The topological polar surface area (TPSA) is 272 Å². The number of likely N-dealkylation sites (N-methyl/N-ethyl adjacent to an activating group) is 2. The van der Waals surface area contributed by atoms with E-state index in [1.165, 1.54) is 53.0 Å². The van der Waals surface area contributed by atoms with Crippen molar-refractivity contribution >= 4 is 126 Å². The van der Waals surface area contributed by atoms with Gasteiger partial charge in [-0.05, 0) is 171 Å². The van der Waals surface area contributed by atoms with Crippen LogP contribution in [0.3, 0.4) is 0 Å². The number of rotatable bonds is 12. The zero-order valence-electron chi connectivity index (χ0n) is 48.2. The number of benzene rings is 4. The average Bonchev–Trinajstić information content (AvgIpc) is 1.50. The predicted octanol–water partition coefficient (Wildman–Crippen LogP) is 10.6. The molecule has 2 unspecified atom stereocenters. The van der Waals surface area contributed by atoms with Gasteiger partial charge in [0.1, 0.15) is 11.5 Å². The van der Waals surface area contributed by atoms with Crippen LogP contribution >= 0.6 is 71.5 Å². The third-order valence-corrected chi connectivity index (χ3v) is 20.8. The van der Waals surface area contributed by atoms with Gasteiger partial charge in [0.25, 0.3) is 34.1 Å². The number of nitrogens with one attached hydrogen (secondary N) is 2. The van der Waals surface area contributed by atoms with Gasteiger partial charge in [0.2, 0.25) is 8.77 Å². The monoisotopic (exact) mass is 1290 g/mol. The summed E-state index contributed by atoms with van der Waals surface area (Å²) in [7, 11) is 2.96. The first-order valence-electron chi connectivity index (χ1n) is 27.1. The van der Waals surface area contributed by atoms with Gasteiger partial charge < -0.3 is 49.9 Å². The fourth-order valence-electron chi connectivity index (χ4n) is 11.2. The Morgan fingerprint density at radius 3 is 1.26 bits per heavy atom. The fourth-order valence-corrected chi connectivity index (χ4v) is 16.7. The number of hydrogen-bond acceptors (Lipinski definition) is 20. The second-order valence-corrected chi connectivity index (χ2v) is 28.1. The first kappa shape index (κ1) is 64.6. The lowest BCUT2D eigenvalue weighted by atomic mass is 9.80. The molecule has 4 aromatic carbocycles. The van der Waals surface area contributed by atoms with Crippen LogP contribution in [-0.2, 0) is 32.4 Å². The smallest absolute Gasteiger partial charge is 0.286 e. The highest BCUT2D eigenvalue weighted by atomic mass is 32.2. The van der Waals surface area contributed by atoms with Crippen LogP contribution in [0.25, 0.3) is 0 Å². The summed E-state index contributed by atoms with van der Waals surface area (Å²) in [6, 6.07) is 44.5. The van der Waals surface area contributed by atoms with Crippen LogP contribution in [-0.4, -0.2) is 116 Å². The van der Waals surface area contributed by atoms with Crippen LogP contribution in [0.4, 0.5) is 21.0 Å². The number of thiocarbonyl (C=S) groups is 2. The van der Waals surface area contributed by atoms with Crippen LogP contribution in [0, 0.1) is 33.5 Å². The van der Waals surface area contributed by atoms with Gasteiger partial charge in [0.15, 0.2) is 19.5 Å². The summed E-state index contributed by atoms with van der Waals surface area (Å²) in [5, 5.41) is 44.5. The number of ether oxygens (including phenoxy) is 2. The number of aliphatic hydroxyl groups is 2. The molecule has 4 aliphatic heterocycles. The number of pyridine rings is 2. The highest BCUT2D eigenvalue weighted by molar-refractivity contribution is 8.24. The van der Waals surface area contributed by atoms with Gasteiger partial charge in [0.05, 0.1) is 59.7 Å². The summed E-state index contributed by atoms with van der Waals surface area (Å²) in [5.41, 5.74) is 0.223. The van der Waals surface area contributed by atoms with Crippen LogP contribution in [0.2, 0.25) is 0 Å². The Balaban J connectivity index is 0.000000209. The van der Waals surface area contributed by atoms with Crippen molar-refractivity contribution in [1.29, 1.82) is 10.5 Å². The maximum atomic E-state index is 14.9. The zero-order valence-corrected chi connectivity index (χ0v) is 53.1. The van der Waals surface area contributed by atoms with Crippen LogP contribution in [0.1, 0.15) is 75.1 Å². The van der Waals surface area contributed by atoms with Gasteiger partial charge in [-0.25, -0.2) is 0 Å². The lowest BCUT2D eigenvalue weighted by Crippen LogP contribution is -2.71. The van der Waals surface area contributed by atoms with Crippen molar-refractivity contribution in [3.05, 3.63) is 181 Å². The molecule has 6 amide bonds. The third kappa shape index (κ3) is 12.3. The minimum Gasteiger partial charge on any atom is -0.440 e. The predicted molar refractivity (Wildman–Crippen MR) is 345 cm³/mol. The summed E-state index contributed by atoms with van der Waals surface area (Å²) in [4.78, 5) is 92.7. The molecule has 4 saturated heterocycles. The van der Waals surface area contributed by atoms with Gasteiger partial charge in [-0.1, -0.05) is 84.9 Å². The minimum absolute atomic E-state index is 0.0182. The Morgan fingerprint density at radius 2 is 0.898 bits per heavy atom. The quantitative estimate of drug-likeness (QED) is 0.0829. The molecule has 88 heavy (non-hydrogen) atoms. The maximum absolute atomic E-state index is 14.9. The normalized spacial score (nSPS) is 26.1. The number of thioether (sulfide) groups is 4. The number of piperazine rings is 2. The average molecular weight is 1300 g/mol. The molecule has 0 saturated carbocycles. The Bertz CT molecular complexity index is 3520. The molecule has 452 valence electrons. The molecule has 2 aromatic heterocycles. The number of nitriles is 2.